The van der Waals surface area contributed by atoms with Crippen LogP contribution in [0.25, 0.3) is 5.69 Å². The Morgan fingerprint density at radius 3 is 2.63 bits per heavy atom. The van der Waals surface area contributed by atoms with E-state index in [0.717, 1.165) is 29.9 Å². The van der Waals surface area contributed by atoms with E-state index in [0.29, 0.717) is 28.3 Å². The molecule has 35 heavy (non-hydrogen) atoms. The van der Waals surface area contributed by atoms with Gasteiger partial charge in [-0.3, -0.25) is 14.2 Å². The average molecular weight is 496 g/mol. The second-order valence-corrected chi connectivity index (χ2v) is 9.31. The molecule has 184 valence electrons. The van der Waals surface area contributed by atoms with Gasteiger partial charge >= 0.3 is 0 Å². The molecule has 1 unspecified atom stereocenters. The molecule has 0 aliphatic heterocycles. The third kappa shape index (κ3) is 5.94. The summed E-state index contributed by atoms with van der Waals surface area (Å²) in [6, 6.07) is 12.8. The zero-order valence-electron chi connectivity index (χ0n) is 20.2. The molecule has 0 saturated heterocycles. The molecular weight excluding hydrogens is 466 g/mol. The Bertz CT molecular complexity index is 1220. The molecule has 3 aromatic rings. The topological polar surface area (TPSA) is 107 Å². The van der Waals surface area contributed by atoms with Gasteiger partial charge in [-0.05, 0) is 56.2 Å². The number of thioether (sulfide) groups is 1. The Hall–Kier alpha value is -3.53. The van der Waals surface area contributed by atoms with Crippen LogP contribution in [0.1, 0.15) is 50.0 Å². The van der Waals surface area contributed by atoms with Gasteiger partial charge in [0.15, 0.2) is 5.16 Å². The standard InChI is InChI=1S/C25H29N5O4S/c1-15(21-13-20(33-3)10-11-22(21)34-4)26-23(32)14-35-25-29-28-24(17-8-9-17)30(25)19-7-5-6-18(12-19)27-16(2)31/h5-7,10-13,15,17H,8-9,14H2,1-4H3,(H,26,32)(H,27,31). The van der Waals surface area contributed by atoms with Crippen molar-refractivity contribution in [2.24, 2.45) is 0 Å². The number of carbonyl (C=O) groups excluding carboxylic acids is 2. The summed E-state index contributed by atoms with van der Waals surface area (Å²) in [7, 11) is 3.20. The molecule has 1 heterocycles. The van der Waals surface area contributed by atoms with Crippen molar-refractivity contribution in [2.75, 3.05) is 25.3 Å². The van der Waals surface area contributed by atoms with Gasteiger partial charge in [-0.15, -0.1) is 10.2 Å². The maximum absolute atomic E-state index is 12.8. The van der Waals surface area contributed by atoms with Gasteiger partial charge < -0.3 is 20.1 Å². The number of ether oxygens (including phenoxy) is 2. The van der Waals surface area contributed by atoms with E-state index in [1.165, 1.54) is 18.7 Å². The lowest BCUT2D eigenvalue weighted by Gasteiger charge is -2.18. The van der Waals surface area contributed by atoms with E-state index in [2.05, 4.69) is 20.8 Å². The third-order valence-electron chi connectivity index (χ3n) is 5.64. The number of nitrogens with zero attached hydrogens (tertiary/aromatic N) is 3. The lowest BCUT2D eigenvalue weighted by atomic mass is 10.1. The molecule has 1 fully saturated rings. The van der Waals surface area contributed by atoms with Crippen LogP contribution in [-0.2, 0) is 9.59 Å². The number of benzene rings is 2. The Labute approximate surface area is 208 Å². The number of aromatic nitrogens is 3. The number of hydrogen-bond donors (Lipinski definition) is 2. The van der Waals surface area contributed by atoms with Crippen molar-refractivity contribution in [3.05, 3.63) is 53.9 Å². The fourth-order valence-electron chi connectivity index (χ4n) is 3.82. The third-order valence-corrected chi connectivity index (χ3v) is 6.57. The maximum Gasteiger partial charge on any atom is 0.230 e. The van der Waals surface area contributed by atoms with Crippen LogP contribution in [-0.4, -0.2) is 46.6 Å². The zero-order chi connectivity index (χ0) is 24.9. The highest BCUT2D eigenvalue weighted by atomic mass is 32.2. The maximum atomic E-state index is 12.8. The Morgan fingerprint density at radius 1 is 1.14 bits per heavy atom. The Balaban J connectivity index is 1.49. The number of carbonyl (C=O) groups is 2. The first kappa shape index (κ1) is 24.6. The fourth-order valence-corrected chi connectivity index (χ4v) is 4.59. The highest BCUT2D eigenvalue weighted by molar-refractivity contribution is 7.99. The zero-order valence-corrected chi connectivity index (χ0v) is 21.0. The van der Waals surface area contributed by atoms with E-state index in [1.807, 2.05) is 54.0 Å². The number of methoxy groups -OCH3 is 2. The van der Waals surface area contributed by atoms with Gasteiger partial charge in [-0.2, -0.15) is 0 Å². The van der Waals surface area contributed by atoms with E-state index in [-0.39, 0.29) is 23.6 Å². The van der Waals surface area contributed by atoms with E-state index < -0.39 is 0 Å². The number of hydrogen-bond acceptors (Lipinski definition) is 7. The number of nitrogens with one attached hydrogen (secondary N) is 2. The summed E-state index contributed by atoms with van der Waals surface area (Å²) in [4.78, 5) is 24.3. The summed E-state index contributed by atoms with van der Waals surface area (Å²) in [5.74, 6) is 2.50. The van der Waals surface area contributed by atoms with Gasteiger partial charge in [-0.1, -0.05) is 17.8 Å². The van der Waals surface area contributed by atoms with Crippen molar-refractivity contribution in [1.82, 2.24) is 20.1 Å². The van der Waals surface area contributed by atoms with Crippen LogP contribution in [0.15, 0.2) is 47.6 Å². The molecule has 1 atom stereocenters. The molecule has 2 aromatic carbocycles. The van der Waals surface area contributed by atoms with Crippen molar-refractivity contribution in [2.45, 2.75) is 43.8 Å². The largest absolute Gasteiger partial charge is 0.497 e. The molecule has 0 bridgehead atoms. The van der Waals surface area contributed by atoms with Crippen molar-refractivity contribution >= 4 is 29.3 Å². The smallest absolute Gasteiger partial charge is 0.230 e. The van der Waals surface area contributed by atoms with Crippen LogP contribution in [0.4, 0.5) is 5.69 Å². The predicted octanol–water partition coefficient (Wildman–Crippen LogP) is 4.09. The molecule has 4 rings (SSSR count). The first-order chi connectivity index (χ1) is 16.9. The van der Waals surface area contributed by atoms with Crippen molar-refractivity contribution < 1.29 is 19.1 Å². The van der Waals surface area contributed by atoms with Gasteiger partial charge in [0.25, 0.3) is 0 Å². The van der Waals surface area contributed by atoms with Crippen LogP contribution < -0.4 is 20.1 Å². The van der Waals surface area contributed by atoms with Crippen molar-refractivity contribution in [3.63, 3.8) is 0 Å². The van der Waals surface area contributed by atoms with Gasteiger partial charge in [0.05, 0.1) is 31.7 Å². The van der Waals surface area contributed by atoms with Crippen LogP contribution in [0.2, 0.25) is 0 Å². The second-order valence-electron chi connectivity index (χ2n) is 8.37. The Kier molecular flexibility index (Phi) is 7.60. The first-order valence-corrected chi connectivity index (χ1v) is 12.4. The van der Waals surface area contributed by atoms with Crippen molar-refractivity contribution in [3.8, 4) is 17.2 Å². The molecule has 0 spiro atoms. The number of anilines is 1. The SMILES string of the molecule is COc1ccc(OC)c(C(C)NC(=O)CSc2nnc(C3CC3)n2-c2cccc(NC(C)=O)c2)c1. The molecule has 2 amide bonds. The lowest BCUT2D eigenvalue weighted by Crippen LogP contribution is -2.28. The van der Waals surface area contributed by atoms with Gasteiger partial charge in [0.1, 0.15) is 17.3 Å². The summed E-state index contributed by atoms with van der Waals surface area (Å²) in [5.41, 5.74) is 2.37. The average Bonchev–Trinajstić information content (AvgIpc) is 3.60. The Morgan fingerprint density at radius 2 is 1.94 bits per heavy atom. The lowest BCUT2D eigenvalue weighted by molar-refractivity contribution is -0.119. The summed E-state index contributed by atoms with van der Waals surface area (Å²) in [6.07, 6.45) is 2.13. The minimum Gasteiger partial charge on any atom is -0.497 e. The van der Waals surface area contributed by atoms with Crippen LogP contribution >= 0.6 is 11.8 Å². The molecule has 1 aromatic heterocycles. The van der Waals surface area contributed by atoms with Crippen LogP contribution in [0.3, 0.4) is 0 Å². The molecule has 2 N–H and O–H groups in total. The van der Waals surface area contributed by atoms with Crippen LogP contribution in [0.5, 0.6) is 11.5 Å². The highest BCUT2D eigenvalue weighted by Crippen LogP contribution is 2.41. The van der Waals surface area contributed by atoms with E-state index >= 15 is 0 Å². The predicted molar refractivity (Wildman–Crippen MR) is 134 cm³/mol. The molecule has 1 aliphatic rings. The van der Waals surface area contributed by atoms with Gasteiger partial charge in [-0.25, -0.2) is 0 Å². The summed E-state index contributed by atoms with van der Waals surface area (Å²) in [5, 5.41) is 15.3. The molecule has 1 aliphatic carbocycles. The summed E-state index contributed by atoms with van der Waals surface area (Å²) < 4.78 is 12.7. The van der Waals surface area contributed by atoms with Gasteiger partial charge in [0, 0.05) is 24.1 Å². The minimum atomic E-state index is -0.276. The molecule has 10 heteroatoms. The molecule has 0 radical (unpaired) electrons. The van der Waals surface area contributed by atoms with E-state index in [4.69, 9.17) is 9.47 Å². The summed E-state index contributed by atoms with van der Waals surface area (Å²) in [6.45, 7) is 3.38. The van der Waals surface area contributed by atoms with E-state index in [9.17, 15) is 9.59 Å². The number of rotatable bonds is 10. The number of amides is 2. The monoisotopic (exact) mass is 495 g/mol. The van der Waals surface area contributed by atoms with E-state index in [1.54, 1.807) is 14.2 Å². The molecular formula is C25H29N5O4S. The highest BCUT2D eigenvalue weighted by Gasteiger charge is 2.31. The van der Waals surface area contributed by atoms with Gasteiger partial charge in [0.2, 0.25) is 11.8 Å². The first-order valence-electron chi connectivity index (χ1n) is 11.4. The fraction of sp³-hybridized carbons (Fsp3) is 0.360. The molecule has 1 saturated carbocycles. The normalized spacial score (nSPS) is 13.7. The minimum absolute atomic E-state index is 0.137. The second kappa shape index (κ2) is 10.8. The molecule has 9 nitrogen and oxygen atoms in total. The van der Waals surface area contributed by atoms with Crippen molar-refractivity contribution in [1.29, 1.82) is 0 Å². The summed E-state index contributed by atoms with van der Waals surface area (Å²) >= 11 is 1.32. The van der Waals surface area contributed by atoms with Crippen LogP contribution in [0, 0.1) is 0 Å². The quantitative estimate of drug-likeness (QED) is 0.408.